The van der Waals surface area contributed by atoms with Crippen LogP contribution >= 0.6 is 0 Å². The molecule has 1 atom stereocenters. The number of carbonyl (C=O) groups is 2. The molecule has 0 radical (unpaired) electrons. The van der Waals surface area contributed by atoms with Gasteiger partial charge in [0.25, 0.3) is 5.56 Å². The van der Waals surface area contributed by atoms with E-state index in [0.717, 1.165) is 4.68 Å². The zero-order chi connectivity index (χ0) is 14.7. The average molecular weight is 276 g/mol. The minimum absolute atomic E-state index is 0.349. The van der Waals surface area contributed by atoms with Gasteiger partial charge in [0.2, 0.25) is 5.91 Å². The summed E-state index contributed by atoms with van der Waals surface area (Å²) in [5, 5.41) is 18.7. The molecule has 8 heteroatoms. The first kappa shape index (κ1) is 13.7. The number of aromatic nitrogens is 3. The van der Waals surface area contributed by atoms with Crippen molar-refractivity contribution in [1.82, 2.24) is 20.3 Å². The van der Waals surface area contributed by atoms with Crippen molar-refractivity contribution in [3.8, 4) is 0 Å². The standard InChI is InChI=1S/C12H12N4O4/c1-7(12(19)20)13-10(17)6-16-11(18)8-4-2-3-5-9(8)14-15-16/h2-5,7H,6H2,1H3,(H,13,17)(H,19,20)/t7-/m1/s1. The number of carboxylic acids is 1. The van der Waals surface area contributed by atoms with Gasteiger partial charge in [0.05, 0.1) is 5.39 Å². The van der Waals surface area contributed by atoms with Gasteiger partial charge in [-0.25, -0.2) is 4.68 Å². The molecule has 0 saturated heterocycles. The molecule has 0 spiro atoms. The molecule has 2 aromatic rings. The van der Waals surface area contributed by atoms with E-state index in [2.05, 4.69) is 15.6 Å². The molecular weight excluding hydrogens is 264 g/mol. The van der Waals surface area contributed by atoms with Crippen molar-refractivity contribution in [3.63, 3.8) is 0 Å². The first-order chi connectivity index (χ1) is 9.49. The molecule has 20 heavy (non-hydrogen) atoms. The van der Waals surface area contributed by atoms with Gasteiger partial charge in [0.1, 0.15) is 18.1 Å². The Morgan fingerprint density at radius 2 is 2.10 bits per heavy atom. The van der Waals surface area contributed by atoms with Gasteiger partial charge >= 0.3 is 5.97 Å². The van der Waals surface area contributed by atoms with E-state index in [4.69, 9.17) is 5.11 Å². The van der Waals surface area contributed by atoms with Crippen LogP contribution in [0.2, 0.25) is 0 Å². The molecule has 1 aromatic carbocycles. The largest absolute Gasteiger partial charge is 0.480 e. The molecule has 0 bridgehead atoms. The fraction of sp³-hybridized carbons (Fsp3) is 0.250. The Balaban J connectivity index is 2.22. The van der Waals surface area contributed by atoms with Gasteiger partial charge in [0, 0.05) is 0 Å². The highest BCUT2D eigenvalue weighted by Crippen LogP contribution is 2.03. The van der Waals surface area contributed by atoms with Crippen molar-refractivity contribution in [2.45, 2.75) is 19.5 Å². The predicted molar refractivity (Wildman–Crippen MR) is 69.0 cm³/mol. The zero-order valence-corrected chi connectivity index (χ0v) is 10.6. The highest BCUT2D eigenvalue weighted by atomic mass is 16.4. The van der Waals surface area contributed by atoms with E-state index in [1.807, 2.05) is 0 Å². The molecule has 1 aromatic heterocycles. The van der Waals surface area contributed by atoms with Crippen LogP contribution in [0.1, 0.15) is 6.92 Å². The molecule has 1 amide bonds. The normalized spacial score (nSPS) is 12.1. The molecule has 104 valence electrons. The number of fused-ring (bicyclic) bond motifs is 1. The van der Waals surface area contributed by atoms with Gasteiger partial charge in [-0.15, -0.1) is 5.10 Å². The van der Waals surface area contributed by atoms with Crippen LogP contribution in [0.25, 0.3) is 10.9 Å². The van der Waals surface area contributed by atoms with Crippen LogP contribution in [0.3, 0.4) is 0 Å². The summed E-state index contributed by atoms with van der Waals surface area (Å²) >= 11 is 0. The SMILES string of the molecule is C[C@@H](NC(=O)Cn1nnc2ccccc2c1=O)C(=O)O. The third-order valence-electron chi connectivity index (χ3n) is 2.67. The number of hydrogen-bond acceptors (Lipinski definition) is 5. The summed E-state index contributed by atoms with van der Waals surface area (Å²) in [5.74, 6) is -1.78. The number of aliphatic carboxylic acids is 1. The monoisotopic (exact) mass is 276 g/mol. The van der Waals surface area contributed by atoms with Crippen molar-refractivity contribution in [2.75, 3.05) is 0 Å². The maximum Gasteiger partial charge on any atom is 0.325 e. The second kappa shape index (κ2) is 5.47. The summed E-state index contributed by atoms with van der Waals surface area (Å²) < 4.78 is 0.895. The maximum absolute atomic E-state index is 12.0. The molecule has 0 fully saturated rings. The van der Waals surface area contributed by atoms with Crippen LogP contribution in [0.15, 0.2) is 29.1 Å². The highest BCUT2D eigenvalue weighted by molar-refractivity contribution is 5.83. The summed E-state index contributed by atoms with van der Waals surface area (Å²) in [7, 11) is 0. The van der Waals surface area contributed by atoms with Gasteiger partial charge in [-0.05, 0) is 19.1 Å². The number of carboxylic acid groups (broad SMARTS) is 1. The van der Waals surface area contributed by atoms with Crippen LogP contribution in [0, 0.1) is 0 Å². The Morgan fingerprint density at radius 3 is 2.80 bits per heavy atom. The lowest BCUT2D eigenvalue weighted by molar-refractivity contribution is -0.141. The summed E-state index contributed by atoms with van der Waals surface area (Å²) in [6, 6.07) is 5.60. The number of nitrogens with one attached hydrogen (secondary N) is 1. The molecule has 2 N–H and O–H groups in total. The molecule has 8 nitrogen and oxygen atoms in total. The Kier molecular flexibility index (Phi) is 3.74. The lowest BCUT2D eigenvalue weighted by atomic mass is 10.2. The van der Waals surface area contributed by atoms with E-state index in [0.29, 0.717) is 10.9 Å². The summed E-state index contributed by atoms with van der Waals surface area (Å²) in [5.41, 5.74) is -0.0122. The van der Waals surface area contributed by atoms with Crippen LogP contribution in [-0.2, 0) is 16.1 Å². The molecular formula is C12H12N4O4. The first-order valence-electron chi connectivity index (χ1n) is 5.84. The number of rotatable bonds is 4. The third kappa shape index (κ3) is 2.79. The topological polar surface area (TPSA) is 114 Å². The minimum Gasteiger partial charge on any atom is -0.480 e. The lowest BCUT2D eigenvalue weighted by Gasteiger charge is -2.09. The number of hydrogen-bond donors (Lipinski definition) is 2. The Hall–Kier alpha value is -2.77. The van der Waals surface area contributed by atoms with E-state index in [9.17, 15) is 14.4 Å². The van der Waals surface area contributed by atoms with E-state index < -0.39 is 23.5 Å². The van der Waals surface area contributed by atoms with Crippen LogP contribution in [0.5, 0.6) is 0 Å². The molecule has 0 unspecified atom stereocenters. The number of benzene rings is 1. The number of carbonyl (C=O) groups excluding carboxylic acids is 1. The van der Waals surface area contributed by atoms with Crippen molar-refractivity contribution in [1.29, 1.82) is 0 Å². The highest BCUT2D eigenvalue weighted by Gasteiger charge is 2.15. The Morgan fingerprint density at radius 1 is 1.40 bits per heavy atom. The molecule has 0 aliphatic heterocycles. The van der Waals surface area contributed by atoms with Crippen LogP contribution in [0.4, 0.5) is 0 Å². The second-order valence-electron chi connectivity index (χ2n) is 4.20. The van der Waals surface area contributed by atoms with E-state index in [-0.39, 0.29) is 6.54 Å². The fourth-order valence-electron chi connectivity index (χ4n) is 1.61. The van der Waals surface area contributed by atoms with E-state index in [1.165, 1.54) is 6.92 Å². The van der Waals surface area contributed by atoms with Crippen LogP contribution in [-0.4, -0.2) is 38.0 Å². The van der Waals surface area contributed by atoms with Gasteiger partial charge in [0.15, 0.2) is 0 Å². The maximum atomic E-state index is 12.0. The summed E-state index contributed by atoms with van der Waals surface area (Å²) in [4.78, 5) is 34.3. The number of nitrogens with zero attached hydrogens (tertiary/aromatic N) is 3. The molecule has 0 saturated carbocycles. The van der Waals surface area contributed by atoms with E-state index >= 15 is 0 Å². The van der Waals surface area contributed by atoms with Crippen molar-refractivity contribution in [2.24, 2.45) is 0 Å². The van der Waals surface area contributed by atoms with Gasteiger partial charge in [-0.2, -0.15) is 0 Å². The second-order valence-corrected chi connectivity index (χ2v) is 4.20. The first-order valence-corrected chi connectivity index (χ1v) is 5.84. The minimum atomic E-state index is -1.16. The quantitative estimate of drug-likeness (QED) is 0.769. The molecule has 2 rings (SSSR count). The third-order valence-corrected chi connectivity index (χ3v) is 2.67. The smallest absolute Gasteiger partial charge is 0.325 e. The summed E-state index contributed by atoms with van der Waals surface area (Å²) in [6.45, 7) is 0.948. The van der Waals surface area contributed by atoms with Gasteiger partial charge in [-0.1, -0.05) is 17.3 Å². The molecule has 0 aliphatic carbocycles. The average Bonchev–Trinajstić information content (AvgIpc) is 2.42. The molecule has 1 heterocycles. The number of amides is 1. The Bertz CT molecular complexity index is 725. The van der Waals surface area contributed by atoms with E-state index in [1.54, 1.807) is 24.3 Å². The fourth-order valence-corrected chi connectivity index (χ4v) is 1.61. The van der Waals surface area contributed by atoms with Gasteiger partial charge in [-0.3, -0.25) is 14.4 Å². The van der Waals surface area contributed by atoms with Crippen molar-refractivity contribution < 1.29 is 14.7 Å². The Labute approximate surface area is 113 Å². The zero-order valence-electron chi connectivity index (χ0n) is 10.6. The predicted octanol–water partition coefficient (Wildman–Crippen LogP) is -0.619. The lowest BCUT2D eigenvalue weighted by Crippen LogP contribution is -2.42. The van der Waals surface area contributed by atoms with Crippen LogP contribution < -0.4 is 10.9 Å². The summed E-state index contributed by atoms with van der Waals surface area (Å²) in [6.07, 6.45) is 0. The molecule has 0 aliphatic rings. The van der Waals surface area contributed by atoms with Gasteiger partial charge < -0.3 is 10.4 Å². The van der Waals surface area contributed by atoms with Crippen molar-refractivity contribution in [3.05, 3.63) is 34.6 Å². The van der Waals surface area contributed by atoms with Crippen molar-refractivity contribution >= 4 is 22.8 Å².